The van der Waals surface area contributed by atoms with Crippen molar-refractivity contribution in [2.24, 2.45) is 0 Å². The summed E-state index contributed by atoms with van der Waals surface area (Å²) in [6, 6.07) is 26.1. The molecule has 6 rings (SSSR count). The van der Waals surface area contributed by atoms with Gasteiger partial charge in [0.2, 0.25) is 15.9 Å². The van der Waals surface area contributed by atoms with Gasteiger partial charge in [-0.05, 0) is 41.8 Å². The molecule has 1 aromatic heterocycles. The number of nitrogens with one attached hydrogen (secondary N) is 1. The second-order valence-corrected chi connectivity index (χ2v) is 10.9. The Bertz CT molecular complexity index is 1740. The number of sulfonamides is 1. The van der Waals surface area contributed by atoms with Gasteiger partial charge in [0, 0.05) is 23.4 Å². The standard InChI is InChI=1S/C29H24N2O5S/c1-35-28-16-23-22-13-7-8-14-26(22)36-27(23)17-24(28)30-29(32)25-15-19-9-5-6-10-20(19)18-31(25)37(33,34)21-11-3-2-4-12-21/h2-14,16-17,25H,15,18H2,1H3,(H,30,32)/t25-/m0/s1. The minimum absolute atomic E-state index is 0.102. The number of hydrogen-bond acceptors (Lipinski definition) is 5. The zero-order valence-electron chi connectivity index (χ0n) is 20.0. The summed E-state index contributed by atoms with van der Waals surface area (Å²) in [5.74, 6) is 0.0175. The Morgan fingerprint density at radius 3 is 2.38 bits per heavy atom. The largest absolute Gasteiger partial charge is 0.495 e. The number of fused-ring (bicyclic) bond motifs is 4. The van der Waals surface area contributed by atoms with Gasteiger partial charge in [-0.15, -0.1) is 0 Å². The van der Waals surface area contributed by atoms with Gasteiger partial charge >= 0.3 is 0 Å². The molecule has 5 aromatic rings. The maximum atomic E-state index is 13.7. The van der Waals surface area contributed by atoms with Crippen LogP contribution in [-0.2, 0) is 27.8 Å². The maximum absolute atomic E-state index is 13.7. The van der Waals surface area contributed by atoms with E-state index in [4.69, 9.17) is 9.15 Å². The molecule has 1 atom stereocenters. The van der Waals surface area contributed by atoms with E-state index in [9.17, 15) is 13.2 Å². The molecule has 0 unspecified atom stereocenters. The van der Waals surface area contributed by atoms with E-state index in [1.54, 1.807) is 36.4 Å². The van der Waals surface area contributed by atoms with Crippen LogP contribution in [0.3, 0.4) is 0 Å². The van der Waals surface area contributed by atoms with Crippen LogP contribution in [0.1, 0.15) is 11.1 Å². The highest BCUT2D eigenvalue weighted by Crippen LogP contribution is 2.37. The maximum Gasteiger partial charge on any atom is 0.244 e. The summed E-state index contributed by atoms with van der Waals surface area (Å²) in [6.07, 6.45) is 0.253. The molecule has 1 N–H and O–H groups in total. The smallest absolute Gasteiger partial charge is 0.244 e. The van der Waals surface area contributed by atoms with Crippen molar-refractivity contribution in [1.29, 1.82) is 0 Å². The van der Waals surface area contributed by atoms with E-state index in [1.807, 2.05) is 54.6 Å². The van der Waals surface area contributed by atoms with Crippen molar-refractivity contribution >= 4 is 43.6 Å². The van der Waals surface area contributed by atoms with Gasteiger partial charge in [-0.1, -0.05) is 60.7 Å². The number of carbonyl (C=O) groups is 1. The second kappa shape index (κ2) is 9.06. The topological polar surface area (TPSA) is 88.9 Å². The molecule has 0 radical (unpaired) electrons. The first kappa shape index (κ1) is 23.3. The molecule has 0 fully saturated rings. The lowest BCUT2D eigenvalue weighted by molar-refractivity contribution is -0.120. The Balaban J connectivity index is 1.40. The molecule has 0 spiro atoms. The number of hydrogen-bond donors (Lipinski definition) is 1. The molecular formula is C29H24N2O5S. The molecule has 186 valence electrons. The first-order valence-electron chi connectivity index (χ1n) is 11.9. The summed E-state index contributed by atoms with van der Waals surface area (Å²) in [5.41, 5.74) is 3.57. The fourth-order valence-corrected chi connectivity index (χ4v) is 6.52. The Kier molecular flexibility index (Phi) is 5.70. The molecule has 1 amide bonds. The summed E-state index contributed by atoms with van der Waals surface area (Å²) < 4.78 is 40.2. The zero-order chi connectivity index (χ0) is 25.6. The van der Waals surface area contributed by atoms with E-state index in [1.165, 1.54) is 11.4 Å². The van der Waals surface area contributed by atoms with Crippen molar-refractivity contribution in [2.75, 3.05) is 12.4 Å². The van der Waals surface area contributed by atoms with Gasteiger partial charge < -0.3 is 14.5 Å². The number of rotatable bonds is 5. The Morgan fingerprint density at radius 2 is 1.59 bits per heavy atom. The molecule has 4 aromatic carbocycles. The van der Waals surface area contributed by atoms with E-state index < -0.39 is 22.0 Å². The van der Waals surface area contributed by atoms with Gasteiger partial charge in [-0.25, -0.2) is 8.42 Å². The molecule has 0 saturated carbocycles. The van der Waals surface area contributed by atoms with Crippen LogP contribution >= 0.6 is 0 Å². The van der Waals surface area contributed by atoms with Gasteiger partial charge in [0.1, 0.15) is 23.0 Å². The zero-order valence-corrected chi connectivity index (χ0v) is 20.9. The number of carbonyl (C=O) groups excluding carboxylic acids is 1. The van der Waals surface area contributed by atoms with E-state index >= 15 is 0 Å². The third kappa shape index (κ3) is 4.04. The van der Waals surface area contributed by atoms with Gasteiger partial charge in [-0.2, -0.15) is 4.31 Å². The number of amides is 1. The first-order valence-corrected chi connectivity index (χ1v) is 13.3. The van der Waals surface area contributed by atoms with E-state index in [0.717, 1.165) is 27.5 Å². The van der Waals surface area contributed by atoms with Crippen molar-refractivity contribution < 1.29 is 22.4 Å². The molecule has 0 saturated heterocycles. The lowest BCUT2D eigenvalue weighted by Crippen LogP contribution is -2.50. The minimum Gasteiger partial charge on any atom is -0.495 e. The van der Waals surface area contributed by atoms with Crippen molar-refractivity contribution in [3.8, 4) is 5.75 Å². The number of nitrogens with zero attached hydrogens (tertiary/aromatic N) is 1. The SMILES string of the molecule is COc1cc2c(cc1NC(=O)[C@@H]1Cc3ccccc3CN1S(=O)(=O)c1ccccc1)oc1ccccc12. The Hall–Kier alpha value is -4.14. The van der Waals surface area contributed by atoms with Gasteiger partial charge in [0.15, 0.2) is 0 Å². The Morgan fingerprint density at radius 1 is 0.892 bits per heavy atom. The van der Waals surface area contributed by atoms with Crippen molar-refractivity contribution in [3.05, 3.63) is 102 Å². The molecule has 8 heteroatoms. The van der Waals surface area contributed by atoms with E-state index in [0.29, 0.717) is 17.0 Å². The van der Waals surface area contributed by atoms with Gasteiger partial charge in [-0.3, -0.25) is 4.79 Å². The second-order valence-electron chi connectivity index (χ2n) is 8.99. The Labute approximate surface area is 214 Å². The van der Waals surface area contributed by atoms with Crippen LogP contribution in [0.15, 0.2) is 100 Å². The number of para-hydroxylation sites is 1. The molecule has 37 heavy (non-hydrogen) atoms. The first-order chi connectivity index (χ1) is 18.0. The highest BCUT2D eigenvalue weighted by atomic mass is 32.2. The predicted molar refractivity (Wildman–Crippen MR) is 142 cm³/mol. The third-order valence-corrected chi connectivity index (χ3v) is 8.68. The average molecular weight is 513 g/mol. The average Bonchev–Trinajstić information content (AvgIpc) is 3.29. The van der Waals surface area contributed by atoms with Gasteiger partial charge in [0.25, 0.3) is 0 Å². The minimum atomic E-state index is -3.94. The molecule has 1 aliphatic heterocycles. The third-order valence-electron chi connectivity index (χ3n) is 6.81. The monoisotopic (exact) mass is 512 g/mol. The lowest BCUT2D eigenvalue weighted by atomic mass is 9.95. The molecule has 7 nitrogen and oxygen atoms in total. The normalized spacial score (nSPS) is 16.0. The van der Waals surface area contributed by atoms with E-state index in [2.05, 4.69) is 5.32 Å². The highest BCUT2D eigenvalue weighted by molar-refractivity contribution is 7.89. The quantitative estimate of drug-likeness (QED) is 0.343. The van der Waals surface area contributed by atoms with Crippen molar-refractivity contribution in [3.63, 3.8) is 0 Å². The number of anilines is 1. The lowest BCUT2D eigenvalue weighted by Gasteiger charge is -2.35. The van der Waals surface area contributed by atoms with Crippen LogP contribution in [0.5, 0.6) is 5.75 Å². The van der Waals surface area contributed by atoms with Crippen LogP contribution in [0, 0.1) is 0 Å². The molecular weight excluding hydrogens is 488 g/mol. The fraction of sp³-hybridized carbons (Fsp3) is 0.138. The summed E-state index contributed by atoms with van der Waals surface area (Å²) in [4.78, 5) is 13.9. The van der Waals surface area contributed by atoms with Crippen molar-refractivity contribution in [1.82, 2.24) is 4.31 Å². The predicted octanol–water partition coefficient (Wildman–Crippen LogP) is 5.35. The highest BCUT2D eigenvalue weighted by Gasteiger charge is 2.39. The summed E-state index contributed by atoms with van der Waals surface area (Å²) >= 11 is 0. The molecule has 1 aliphatic rings. The summed E-state index contributed by atoms with van der Waals surface area (Å²) in [7, 11) is -2.41. The van der Waals surface area contributed by atoms with Crippen LogP contribution < -0.4 is 10.1 Å². The van der Waals surface area contributed by atoms with Crippen LogP contribution in [0.4, 0.5) is 5.69 Å². The summed E-state index contributed by atoms with van der Waals surface area (Å²) in [6.45, 7) is 0.102. The number of furan rings is 1. The number of ether oxygens (including phenoxy) is 1. The van der Waals surface area contributed by atoms with E-state index in [-0.39, 0.29) is 17.9 Å². The van der Waals surface area contributed by atoms with Crippen LogP contribution in [-0.4, -0.2) is 31.8 Å². The fourth-order valence-electron chi connectivity index (χ4n) is 4.94. The van der Waals surface area contributed by atoms with Crippen LogP contribution in [0.2, 0.25) is 0 Å². The molecule has 0 aliphatic carbocycles. The number of benzene rings is 4. The number of methoxy groups -OCH3 is 1. The van der Waals surface area contributed by atoms with Crippen LogP contribution in [0.25, 0.3) is 21.9 Å². The molecule has 2 heterocycles. The van der Waals surface area contributed by atoms with Crippen molar-refractivity contribution in [2.45, 2.75) is 23.9 Å². The summed E-state index contributed by atoms with van der Waals surface area (Å²) in [5, 5.41) is 4.73. The van der Waals surface area contributed by atoms with Gasteiger partial charge in [0.05, 0.1) is 17.7 Å². The molecule has 0 bridgehead atoms.